The largest absolute Gasteiger partial charge is 0.497 e. The molecule has 2 rings (SSSR count). The molecule has 5 heteroatoms. The summed E-state index contributed by atoms with van der Waals surface area (Å²) in [6.45, 7) is 0. The summed E-state index contributed by atoms with van der Waals surface area (Å²) in [5, 5.41) is 9.24. The molecule has 0 aliphatic carbocycles. The molecule has 0 unspecified atom stereocenters. The minimum atomic E-state index is -1.01. The summed E-state index contributed by atoms with van der Waals surface area (Å²) in [6.07, 6.45) is 0. The van der Waals surface area contributed by atoms with Crippen molar-refractivity contribution in [2.75, 3.05) is 12.8 Å². The Hall–Kier alpha value is -2.01. The van der Waals surface area contributed by atoms with Gasteiger partial charge in [-0.1, -0.05) is 12.1 Å². The van der Waals surface area contributed by atoms with E-state index >= 15 is 0 Å². The summed E-state index contributed by atoms with van der Waals surface area (Å²) >= 11 is 1.26. The number of carboxylic acids is 1. The molecule has 0 radical (unpaired) electrons. The highest BCUT2D eigenvalue weighted by Crippen LogP contribution is 2.34. The maximum Gasteiger partial charge on any atom is 0.338 e. The number of rotatable bonds is 3. The third kappa shape index (κ3) is 2.24. The number of carbonyl (C=O) groups is 1. The fraction of sp³-hybridized carbons (Fsp3) is 0.0833. The molecule has 0 bridgehead atoms. The van der Waals surface area contributed by atoms with Crippen LogP contribution in [0, 0.1) is 0 Å². The van der Waals surface area contributed by atoms with Crippen LogP contribution < -0.4 is 10.5 Å². The van der Waals surface area contributed by atoms with Crippen LogP contribution in [0.2, 0.25) is 0 Å². The van der Waals surface area contributed by atoms with E-state index in [4.69, 9.17) is 15.6 Å². The van der Waals surface area contributed by atoms with Crippen molar-refractivity contribution < 1.29 is 14.6 Å². The minimum absolute atomic E-state index is 0.146. The first-order chi connectivity index (χ1) is 8.11. The van der Waals surface area contributed by atoms with E-state index in [2.05, 4.69) is 0 Å². The molecule has 2 aromatic rings. The topological polar surface area (TPSA) is 72.5 Å². The fourth-order valence-electron chi connectivity index (χ4n) is 1.49. The Balaban J connectivity index is 2.46. The number of nitrogens with two attached hydrogens (primary N) is 1. The Morgan fingerprint density at radius 2 is 2.18 bits per heavy atom. The summed E-state index contributed by atoms with van der Waals surface area (Å²) in [6, 6.07) is 9.00. The average molecular weight is 249 g/mol. The van der Waals surface area contributed by atoms with Crippen molar-refractivity contribution in [3.63, 3.8) is 0 Å². The molecule has 0 saturated heterocycles. The van der Waals surface area contributed by atoms with E-state index in [-0.39, 0.29) is 5.56 Å². The van der Waals surface area contributed by atoms with Crippen LogP contribution in [-0.4, -0.2) is 18.2 Å². The standard InChI is InChI=1S/C12H11NO3S/c1-16-8-4-2-3-7(5-8)10-6-9(12(14)15)11(13)17-10/h2-6H,13H2,1H3,(H,14,15). The molecule has 0 saturated carbocycles. The summed E-state index contributed by atoms with van der Waals surface area (Å²) in [7, 11) is 1.59. The monoisotopic (exact) mass is 249 g/mol. The van der Waals surface area contributed by atoms with E-state index in [1.54, 1.807) is 13.2 Å². The lowest BCUT2D eigenvalue weighted by molar-refractivity contribution is 0.0698. The molecule has 0 aliphatic rings. The van der Waals surface area contributed by atoms with Gasteiger partial charge in [0, 0.05) is 4.88 Å². The summed E-state index contributed by atoms with van der Waals surface area (Å²) in [4.78, 5) is 11.7. The van der Waals surface area contributed by atoms with Gasteiger partial charge in [0.15, 0.2) is 0 Å². The molecular formula is C12H11NO3S. The second-order valence-electron chi connectivity index (χ2n) is 3.43. The molecule has 1 heterocycles. The van der Waals surface area contributed by atoms with Gasteiger partial charge < -0.3 is 15.6 Å². The zero-order valence-electron chi connectivity index (χ0n) is 9.14. The number of nitrogen functional groups attached to an aromatic ring is 1. The van der Waals surface area contributed by atoms with Crippen molar-refractivity contribution in [1.29, 1.82) is 0 Å². The van der Waals surface area contributed by atoms with Crippen LogP contribution in [0.3, 0.4) is 0 Å². The van der Waals surface area contributed by atoms with Crippen LogP contribution in [0.25, 0.3) is 10.4 Å². The molecular weight excluding hydrogens is 238 g/mol. The molecule has 0 spiro atoms. The first-order valence-corrected chi connectivity index (χ1v) is 5.70. The molecule has 1 aromatic heterocycles. The lowest BCUT2D eigenvalue weighted by Gasteiger charge is -2.01. The highest BCUT2D eigenvalue weighted by Gasteiger charge is 2.13. The van der Waals surface area contributed by atoms with Crippen molar-refractivity contribution in [2.24, 2.45) is 0 Å². The van der Waals surface area contributed by atoms with E-state index in [1.165, 1.54) is 11.3 Å². The lowest BCUT2D eigenvalue weighted by atomic mass is 10.1. The van der Waals surface area contributed by atoms with Crippen LogP contribution in [0.5, 0.6) is 5.75 Å². The van der Waals surface area contributed by atoms with Crippen LogP contribution in [0.1, 0.15) is 10.4 Å². The van der Waals surface area contributed by atoms with Gasteiger partial charge in [0.05, 0.1) is 12.7 Å². The zero-order valence-corrected chi connectivity index (χ0v) is 9.95. The Kier molecular flexibility index (Phi) is 3.01. The first kappa shape index (κ1) is 11.5. The highest BCUT2D eigenvalue weighted by atomic mass is 32.1. The molecule has 0 fully saturated rings. The van der Waals surface area contributed by atoms with Crippen molar-refractivity contribution >= 4 is 22.3 Å². The minimum Gasteiger partial charge on any atom is -0.497 e. The predicted molar refractivity (Wildman–Crippen MR) is 67.7 cm³/mol. The summed E-state index contributed by atoms with van der Waals surface area (Å²) in [5.41, 5.74) is 6.70. The van der Waals surface area contributed by atoms with Crippen LogP contribution in [0.15, 0.2) is 30.3 Å². The van der Waals surface area contributed by atoms with Gasteiger partial charge in [-0.05, 0) is 23.8 Å². The Morgan fingerprint density at radius 3 is 2.76 bits per heavy atom. The predicted octanol–water partition coefficient (Wildman–Crippen LogP) is 2.70. The van der Waals surface area contributed by atoms with Gasteiger partial charge in [-0.25, -0.2) is 4.79 Å². The van der Waals surface area contributed by atoms with E-state index in [9.17, 15) is 4.79 Å². The number of methoxy groups -OCH3 is 1. The van der Waals surface area contributed by atoms with Gasteiger partial charge in [-0.3, -0.25) is 0 Å². The third-order valence-electron chi connectivity index (χ3n) is 2.35. The number of ether oxygens (including phenoxy) is 1. The SMILES string of the molecule is COc1cccc(-c2cc(C(=O)O)c(N)s2)c1. The second-order valence-corrected chi connectivity index (χ2v) is 4.51. The molecule has 1 aromatic carbocycles. The number of carboxylic acid groups (broad SMARTS) is 1. The van der Waals surface area contributed by atoms with Crippen LogP contribution in [-0.2, 0) is 0 Å². The molecule has 0 aliphatic heterocycles. The smallest absolute Gasteiger partial charge is 0.338 e. The Labute approximate surface area is 102 Å². The van der Waals surface area contributed by atoms with Crippen LogP contribution >= 0.6 is 11.3 Å². The van der Waals surface area contributed by atoms with Crippen molar-refractivity contribution in [3.05, 3.63) is 35.9 Å². The van der Waals surface area contributed by atoms with Gasteiger partial charge in [0.2, 0.25) is 0 Å². The lowest BCUT2D eigenvalue weighted by Crippen LogP contribution is -1.97. The molecule has 0 amide bonds. The number of aromatic carboxylic acids is 1. The number of benzene rings is 1. The quantitative estimate of drug-likeness (QED) is 0.877. The third-order valence-corrected chi connectivity index (χ3v) is 3.36. The highest BCUT2D eigenvalue weighted by molar-refractivity contribution is 7.19. The maximum absolute atomic E-state index is 10.9. The summed E-state index contributed by atoms with van der Waals surface area (Å²) in [5.74, 6) is -0.278. The Morgan fingerprint density at radius 1 is 1.41 bits per heavy atom. The second kappa shape index (κ2) is 4.47. The Bertz CT molecular complexity index is 563. The van der Waals surface area contributed by atoms with Gasteiger partial charge in [-0.2, -0.15) is 0 Å². The van der Waals surface area contributed by atoms with E-state index < -0.39 is 5.97 Å². The fourth-order valence-corrected chi connectivity index (χ4v) is 2.41. The number of hydrogen-bond donors (Lipinski definition) is 2. The van der Waals surface area contributed by atoms with Crippen molar-refractivity contribution in [3.8, 4) is 16.2 Å². The molecule has 0 atom stereocenters. The van der Waals surface area contributed by atoms with Gasteiger partial charge >= 0.3 is 5.97 Å². The number of hydrogen-bond acceptors (Lipinski definition) is 4. The first-order valence-electron chi connectivity index (χ1n) is 4.89. The van der Waals surface area contributed by atoms with Crippen molar-refractivity contribution in [2.45, 2.75) is 0 Å². The number of anilines is 1. The van der Waals surface area contributed by atoms with E-state index in [1.807, 2.05) is 24.3 Å². The molecule has 4 nitrogen and oxygen atoms in total. The van der Waals surface area contributed by atoms with Gasteiger partial charge in [-0.15, -0.1) is 11.3 Å². The number of thiophene rings is 1. The average Bonchev–Trinajstić information content (AvgIpc) is 2.71. The normalized spacial score (nSPS) is 10.2. The summed E-state index contributed by atoms with van der Waals surface area (Å²) < 4.78 is 5.12. The van der Waals surface area contributed by atoms with E-state index in [0.717, 1.165) is 16.2 Å². The molecule has 17 heavy (non-hydrogen) atoms. The van der Waals surface area contributed by atoms with E-state index in [0.29, 0.717) is 5.00 Å². The van der Waals surface area contributed by atoms with Gasteiger partial charge in [0.25, 0.3) is 0 Å². The molecule has 3 N–H and O–H groups in total. The van der Waals surface area contributed by atoms with Crippen molar-refractivity contribution in [1.82, 2.24) is 0 Å². The van der Waals surface area contributed by atoms with Crippen LogP contribution in [0.4, 0.5) is 5.00 Å². The maximum atomic E-state index is 10.9. The van der Waals surface area contributed by atoms with Gasteiger partial charge in [0.1, 0.15) is 10.8 Å². The molecule has 88 valence electrons. The zero-order chi connectivity index (χ0) is 12.4.